The van der Waals surface area contributed by atoms with Crippen molar-refractivity contribution in [3.8, 4) is 5.75 Å². The maximum atomic E-state index is 12.4. The Balaban J connectivity index is 1.79. The van der Waals surface area contributed by atoms with Gasteiger partial charge in [-0.1, -0.05) is 29.8 Å². The smallest absolute Gasteiger partial charge is 0.416 e. The summed E-state index contributed by atoms with van der Waals surface area (Å²) in [7, 11) is 0. The number of rotatable bonds is 5. The summed E-state index contributed by atoms with van der Waals surface area (Å²) in [4.78, 5) is 11.7. The zero-order valence-corrected chi connectivity index (χ0v) is 12.5. The Morgan fingerprint density at radius 3 is 2.22 bits per heavy atom. The highest BCUT2D eigenvalue weighted by Gasteiger charge is 2.30. The van der Waals surface area contributed by atoms with E-state index in [0.29, 0.717) is 6.54 Å². The average Bonchev–Trinajstić information content (AvgIpc) is 2.52. The van der Waals surface area contributed by atoms with Crippen LogP contribution in [0.4, 0.5) is 13.2 Å². The molecule has 6 heteroatoms. The van der Waals surface area contributed by atoms with Gasteiger partial charge in [0.1, 0.15) is 5.75 Å². The molecule has 122 valence electrons. The Morgan fingerprint density at radius 2 is 1.65 bits per heavy atom. The van der Waals surface area contributed by atoms with Crippen molar-refractivity contribution in [3.05, 3.63) is 65.2 Å². The summed E-state index contributed by atoms with van der Waals surface area (Å²) in [5.41, 5.74) is 1.33. The van der Waals surface area contributed by atoms with E-state index in [4.69, 9.17) is 4.74 Å². The van der Waals surface area contributed by atoms with Crippen LogP contribution in [0, 0.1) is 6.92 Å². The molecule has 3 nitrogen and oxygen atoms in total. The molecular formula is C17H16F3NO2. The van der Waals surface area contributed by atoms with E-state index in [0.717, 1.165) is 23.3 Å². The normalized spacial score (nSPS) is 11.1. The lowest BCUT2D eigenvalue weighted by atomic mass is 10.1. The van der Waals surface area contributed by atoms with Gasteiger partial charge in [0.15, 0.2) is 6.61 Å². The van der Waals surface area contributed by atoms with Crippen LogP contribution in [-0.4, -0.2) is 12.5 Å². The van der Waals surface area contributed by atoms with Crippen LogP contribution in [0.5, 0.6) is 5.75 Å². The molecule has 1 N–H and O–H groups in total. The first-order valence-corrected chi connectivity index (χ1v) is 6.97. The van der Waals surface area contributed by atoms with Crippen LogP contribution in [0.3, 0.4) is 0 Å². The van der Waals surface area contributed by atoms with E-state index in [1.54, 1.807) is 0 Å². The molecule has 0 unspecified atom stereocenters. The number of ether oxygens (including phenoxy) is 1. The van der Waals surface area contributed by atoms with E-state index in [2.05, 4.69) is 5.32 Å². The summed E-state index contributed by atoms with van der Waals surface area (Å²) in [5.74, 6) is -0.131. The molecule has 0 aromatic heterocycles. The van der Waals surface area contributed by atoms with Gasteiger partial charge in [0.25, 0.3) is 5.91 Å². The highest BCUT2D eigenvalue weighted by atomic mass is 19.4. The number of hydrogen-bond donors (Lipinski definition) is 1. The molecule has 0 saturated carbocycles. The Labute approximate surface area is 132 Å². The first-order valence-electron chi connectivity index (χ1n) is 6.97. The van der Waals surface area contributed by atoms with E-state index < -0.39 is 11.7 Å². The number of carbonyl (C=O) groups excluding carboxylic acids is 1. The number of benzene rings is 2. The summed E-state index contributed by atoms with van der Waals surface area (Å²) in [6.07, 6.45) is -4.38. The number of hydrogen-bond acceptors (Lipinski definition) is 2. The lowest BCUT2D eigenvalue weighted by Crippen LogP contribution is -2.28. The molecule has 0 aliphatic carbocycles. The van der Waals surface area contributed by atoms with Crippen LogP contribution < -0.4 is 10.1 Å². The molecule has 2 aromatic rings. The Kier molecular flexibility index (Phi) is 5.26. The predicted octanol–water partition coefficient (Wildman–Crippen LogP) is 3.71. The molecule has 0 fully saturated rings. The standard InChI is InChI=1S/C17H16F3NO2/c1-12-2-4-13(5-3-12)10-21-16(22)11-23-15-8-6-14(7-9-15)17(18,19)20/h2-9H,10-11H2,1H3,(H,21,22). The molecule has 0 saturated heterocycles. The number of amides is 1. The minimum atomic E-state index is -4.38. The quantitative estimate of drug-likeness (QED) is 0.911. The monoisotopic (exact) mass is 323 g/mol. The third kappa shape index (κ3) is 5.32. The van der Waals surface area contributed by atoms with Gasteiger partial charge in [0, 0.05) is 6.54 Å². The van der Waals surface area contributed by atoms with Crippen LogP contribution in [0.25, 0.3) is 0 Å². The second kappa shape index (κ2) is 7.17. The summed E-state index contributed by atoms with van der Waals surface area (Å²) >= 11 is 0. The van der Waals surface area contributed by atoms with Gasteiger partial charge in [-0.3, -0.25) is 4.79 Å². The van der Waals surface area contributed by atoms with Gasteiger partial charge >= 0.3 is 6.18 Å². The molecule has 0 aliphatic rings. The highest BCUT2D eigenvalue weighted by Crippen LogP contribution is 2.30. The second-order valence-electron chi connectivity index (χ2n) is 5.07. The van der Waals surface area contributed by atoms with E-state index in [1.807, 2.05) is 31.2 Å². The summed E-state index contributed by atoms with van der Waals surface area (Å²) in [6, 6.07) is 11.9. The van der Waals surface area contributed by atoms with Gasteiger partial charge in [-0.25, -0.2) is 0 Å². The van der Waals surface area contributed by atoms with Gasteiger partial charge < -0.3 is 10.1 Å². The second-order valence-corrected chi connectivity index (χ2v) is 5.07. The number of aryl methyl sites for hydroxylation is 1. The van der Waals surface area contributed by atoms with Gasteiger partial charge in [0.2, 0.25) is 0 Å². The minimum absolute atomic E-state index is 0.212. The van der Waals surface area contributed by atoms with Crippen molar-refractivity contribution < 1.29 is 22.7 Å². The molecular weight excluding hydrogens is 307 g/mol. The number of nitrogens with one attached hydrogen (secondary N) is 1. The lowest BCUT2D eigenvalue weighted by molar-refractivity contribution is -0.137. The molecule has 23 heavy (non-hydrogen) atoms. The fourth-order valence-corrected chi connectivity index (χ4v) is 1.85. The zero-order valence-electron chi connectivity index (χ0n) is 12.5. The third-order valence-corrected chi connectivity index (χ3v) is 3.16. The lowest BCUT2D eigenvalue weighted by Gasteiger charge is -2.09. The number of carbonyl (C=O) groups is 1. The Bertz CT molecular complexity index is 649. The zero-order chi connectivity index (χ0) is 16.9. The van der Waals surface area contributed by atoms with Crippen LogP contribution in [0.15, 0.2) is 48.5 Å². The Morgan fingerprint density at radius 1 is 1.04 bits per heavy atom. The van der Waals surface area contributed by atoms with Gasteiger partial charge in [-0.05, 0) is 36.8 Å². The summed E-state index contributed by atoms with van der Waals surface area (Å²) < 4.78 is 42.4. The highest BCUT2D eigenvalue weighted by molar-refractivity contribution is 5.77. The fraction of sp³-hybridized carbons (Fsp3) is 0.235. The van der Waals surface area contributed by atoms with Crippen molar-refractivity contribution in [2.75, 3.05) is 6.61 Å². The molecule has 0 atom stereocenters. The van der Waals surface area contributed by atoms with Crippen molar-refractivity contribution in [1.29, 1.82) is 0 Å². The number of alkyl halides is 3. The molecule has 0 spiro atoms. The van der Waals surface area contributed by atoms with Crippen LogP contribution >= 0.6 is 0 Å². The number of halogens is 3. The third-order valence-electron chi connectivity index (χ3n) is 3.16. The molecule has 0 aliphatic heterocycles. The van der Waals surface area contributed by atoms with Crippen molar-refractivity contribution in [1.82, 2.24) is 5.32 Å². The minimum Gasteiger partial charge on any atom is -0.484 e. The van der Waals surface area contributed by atoms with Gasteiger partial charge in [-0.2, -0.15) is 13.2 Å². The summed E-state index contributed by atoms with van der Waals surface area (Å²) in [6.45, 7) is 2.09. The van der Waals surface area contributed by atoms with Crippen molar-refractivity contribution in [3.63, 3.8) is 0 Å². The predicted molar refractivity (Wildman–Crippen MR) is 80.0 cm³/mol. The van der Waals surface area contributed by atoms with E-state index in [9.17, 15) is 18.0 Å². The first-order chi connectivity index (χ1) is 10.8. The topological polar surface area (TPSA) is 38.3 Å². The van der Waals surface area contributed by atoms with Gasteiger partial charge in [-0.15, -0.1) is 0 Å². The first kappa shape index (κ1) is 16.9. The molecule has 0 heterocycles. The fourth-order valence-electron chi connectivity index (χ4n) is 1.85. The van der Waals surface area contributed by atoms with Crippen molar-refractivity contribution >= 4 is 5.91 Å². The largest absolute Gasteiger partial charge is 0.484 e. The Hall–Kier alpha value is -2.50. The van der Waals surface area contributed by atoms with Crippen molar-refractivity contribution in [2.24, 2.45) is 0 Å². The van der Waals surface area contributed by atoms with E-state index in [-0.39, 0.29) is 18.3 Å². The molecule has 2 rings (SSSR count). The van der Waals surface area contributed by atoms with Crippen LogP contribution in [0.1, 0.15) is 16.7 Å². The van der Waals surface area contributed by atoms with Crippen molar-refractivity contribution in [2.45, 2.75) is 19.6 Å². The van der Waals surface area contributed by atoms with Crippen LogP contribution in [0.2, 0.25) is 0 Å². The molecule has 0 bridgehead atoms. The van der Waals surface area contributed by atoms with E-state index >= 15 is 0 Å². The molecule has 0 radical (unpaired) electrons. The maximum absolute atomic E-state index is 12.4. The van der Waals surface area contributed by atoms with Gasteiger partial charge in [0.05, 0.1) is 5.56 Å². The van der Waals surface area contributed by atoms with E-state index in [1.165, 1.54) is 12.1 Å². The maximum Gasteiger partial charge on any atom is 0.416 e. The molecule has 2 aromatic carbocycles. The average molecular weight is 323 g/mol. The SMILES string of the molecule is Cc1ccc(CNC(=O)COc2ccc(C(F)(F)F)cc2)cc1. The summed E-state index contributed by atoms with van der Waals surface area (Å²) in [5, 5.41) is 2.68. The molecule has 1 amide bonds. The van der Waals surface area contributed by atoms with Crippen LogP contribution in [-0.2, 0) is 17.5 Å².